The summed E-state index contributed by atoms with van der Waals surface area (Å²) in [4.78, 5) is 48.0. The van der Waals surface area contributed by atoms with Gasteiger partial charge >= 0.3 is 11.9 Å². The van der Waals surface area contributed by atoms with E-state index in [9.17, 15) is 24.3 Å². The number of aliphatic carboxylic acids is 1. The van der Waals surface area contributed by atoms with Crippen LogP contribution in [0.1, 0.15) is 28.8 Å². The van der Waals surface area contributed by atoms with E-state index >= 15 is 0 Å². The number of carbonyl (C=O) groups excluding carboxylic acids is 3. The second-order valence-electron chi connectivity index (χ2n) is 7.55. The number of ether oxygens (including phenoxy) is 1. The van der Waals surface area contributed by atoms with E-state index in [2.05, 4.69) is 10.6 Å². The van der Waals surface area contributed by atoms with E-state index in [4.69, 9.17) is 4.74 Å². The number of allylic oxidation sites excluding steroid dienone is 2. The molecular formula is C24H24N2O6. The minimum atomic E-state index is -1.00. The molecule has 0 unspecified atom stereocenters. The molecule has 0 saturated heterocycles. The summed E-state index contributed by atoms with van der Waals surface area (Å²) in [6, 6.07) is 13.2. The van der Waals surface area contributed by atoms with Crippen LogP contribution in [0.3, 0.4) is 0 Å². The molecule has 3 rings (SSSR count). The Morgan fingerprint density at radius 2 is 1.44 bits per heavy atom. The molecule has 32 heavy (non-hydrogen) atoms. The SMILES string of the molecule is Cc1ccc(NC(=O)COC(=O)c2ccc(NC(=O)[C@@H]3CC=CC[C@@H]3C(=O)O)cc2)cc1. The Hall–Kier alpha value is -3.94. The highest BCUT2D eigenvalue weighted by atomic mass is 16.5. The van der Waals surface area contributed by atoms with Crippen molar-refractivity contribution in [1.29, 1.82) is 0 Å². The van der Waals surface area contributed by atoms with Crippen LogP contribution in [0.4, 0.5) is 11.4 Å². The van der Waals surface area contributed by atoms with Crippen LogP contribution in [0.2, 0.25) is 0 Å². The number of esters is 1. The van der Waals surface area contributed by atoms with Crippen LogP contribution in [-0.4, -0.2) is 35.5 Å². The van der Waals surface area contributed by atoms with Crippen molar-refractivity contribution < 1.29 is 29.0 Å². The molecule has 2 aromatic rings. The first-order valence-electron chi connectivity index (χ1n) is 10.2. The molecule has 1 aliphatic carbocycles. The van der Waals surface area contributed by atoms with Crippen molar-refractivity contribution in [2.24, 2.45) is 11.8 Å². The number of carbonyl (C=O) groups is 4. The lowest BCUT2D eigenvalue weighted by molar-refractivity contribution is -0.146. The monoisotopic (exact) mass is 436 g/mol. The predicted molar refractivity (Wildman–Crippen MR) is 118 cm³/mol. The summed E-state index contributed by atoms with van der Waals surface area (Å²) in [7, 11) is 0. The minimum absolute atomic E-state index is 0.218. The van der Waals surface area contributed by atoms with Crippen molar-refractivity contribution in [3.8, 4) is 0 Å². The first-order chi connectivity index (χ1) is 15.3. The third-order valence-electron chi connectivity index (χ3n) is 5.14. The molecule has 8 nitrogen and oxygen atoms in total. The van der Waals surface area contributed by atoms with Crippen molar-refractivity contribution in [2.45, 2.75) is 19.8 Å². The van der Waals surface area contributed by atoms with Gasteiger partial charge in [0, 0.05) is 11.4 Å². The molecule has 0 fully saturated rings. The van der Waals surface area contributed by atoms with Crippen molar-refractivity contribution in [3.63, 3.8) is 0 Å². The van der Waals surface area contributed by atoms with Gasteiger partial charge in [0.1, 0.15) is 0 Å². The van der Waals surface area contributed by atoms with Crippen LogP contribution in [0.15, 0.2) is 60.7 Å². The second kappa shape index (κ2) is 10.4. The van der Waals surface area contributed by atoms with Gasteiger partial charge in [-0.1, -0.05) is 29.8 Å². The molecule has 1 aliphatic rings. The summed E-state index contributed by atoms with van der Waals surface area (Å²) in [5.74, 6) is -3.94. The zero-order chi connectivity index (χ0) is 23.1. The van der Waals surface area contributed by atoms with Gasteiger partial charge in [-0.2, -0.15) is 0 Å². The lowest BCUT2D eigenvalue weighted by Gasteiger charge is -2.24. The van der Waals surface area contributed by atoms with Gasteiger partial charge in [0.25, 0.3) is 5.91 Å². The topological polar surface area (TPSA) is 122 Å². The number of amides is 2. The summed E-state index contributed by atoms with van der Waals surface area (Å²) < 4.78 is 5.03. The lowest BCUT2D eigenvalue weighted by atomic mass is 9.82. The van der Waals surface area contributed by atoms with Gasteiger partial charge in [-0.25, -0.2) is 4.79 Å². The zero-order valence-corrected chi connectivity index (χ0v) is 17.5. The van der Waals surface area contributed by atoms with Crippen molar-refractivity contribution in [2.75, 3.05) is 17.2 Å². The lowest BCUT2D eigenvalue weighted by Crippen LogP contribution is -2.34. The molecule has 0 radical (unpaired) electrons. The summed E-state index contributed by atoms with van der Waals surface area (Å²) in [5.41, 5.74) is 2.32. The molecule has 0 spiro atoms. The zero-order valence-electron chi connectivity index (χ0n) is 17.5. The van der Waals surface area contributed by atoms with E-state index in [1.54, 1.807) is 24.3 Å². The number of benzene rings is 2. The molecule has 0 bridgehead atoms. The maximum absolute atomic E-state index is 12.5. The molecule has 166 valence electrons. The van der Waals surface area contributed by atoms with Gasteiger partial charge in [0.15, 0.2) is 6.61 Å². The molecule has 8 heteroatoms. The standard InChI is InChI=1S/C24H24N2O6/c1-15-6-10-17(11-7-15)25-21(27)14-32-24(31)16-8-12-18(13-9-16)26-22(28)19-4-2-3-5-20(19)23(29)30/h2-3,6-13,19-20H,4-5,14H2,1H3,(H,25,27)(H,26,28)(H,29,30)/t19-,20+/m1/s1. The summed E-state index contributed by atoms with van der Waals surface area (Å²) >= 11 is 0. The van der Waals surface area contributed by atoms with Crippen molar-refractivity contribution in [3.05, 3.63) is 71.8 Å². The number of aryl methyl sites for hydroxylation is 1. The average molecular weight is 436 g/mol. The summed E-state index contributed by atoms with van der Waals surface area (Å²) in [5, 5.41) is 14.6. The van der Waals surface area contributed by atoms with Crippen LogP contribution >= 0.6 is 0 Å². The molecule has 2 aromatic carbocycles. The van der Waals surface area contributed by atoms with Crippen LogP contribution in [-0.2, 0) is 19.1 Å². The molecule has 0 saturated carbocycles. The fourth-order valence-corrected chi connectivity index (χ4v) is 3.35. The van der Waals surface area contributed by atoms with Gasteiger partial charge in [-0.05, 0) is 56.2 Å². The van der Waals surface area contributed by atoms with E-state index < -0.39 is 36.3 Å². The van der Waals surface area contributed by atoms with Gasteiger partial charge in [0.2, 0.25) is 5.91 Å². The number of rotatable bonds is 7. The van der Waals surface area contributed by atoms with Gasteiger partial charge in [-0.3, -0.25) is 14.4 Å². The van der Waals surface area contributed by atoms with E-state index in [1.807, 2.05) is 19.1 Å². The largest absolute Gasteiger partial charge is 0.481 e. The molecular weight excluding hydrogens is 412 g/mol. The first-order valence-corrected chi connectivity index (χ1v) is 10.2. The normalized spacial score (nSPS) is 17.3. The molecule has 3 N–H and O–H groups in total. The number of carboxylic acid groups (broad SMARTS) is 1. The fraction of sp³-hybridized carbons (Fsp3) is 0.250. The van der Waals surface area contributed by atoms with Crippen molar-refractivity contribution >= 4 is 35.1 Å². The Bertz CT molecular complexity index is 1030. The summed E-state index contributed by atoms with van der Waals surface area (Å²) in [6.07, 6.45) is 4.25. The Balaban J connectivity index is 1.51. The smallest absolute Gasteiger partial charge is 0.338 e. The quantitative estimate of drug-likeness (QED) is 0.452. The minimum Gasteiger partial charge on any atom is -0.481 e. The second-order valence-corrected chi connectivity index (χ2v) is 7.55. The average Bonchev–Trinajstić information content (AvgIpc) is 2.79. The number of anilines is 2. The number of nitrogens with one attached hydrogen (secondary N) is 2. The molecule has 0 aromatic heterocycles. The Labute approximate surface area is 185 Å². The third kappa shape index (κ3) is 6.04. The van der Waals surface area contributed by atoms with Gasteiger partial charge < -0.3 is 20.5 Å². The molecule has 0 heterocycles. The third-order valence-corrected chi connectivity index (χ3v) is 5.14. The number of hydrogen-bond acceptors (Lipinski definition) is 5. The predicted octanol–water partition coefficient (Wildman–Crippen LogP) is 3.40. The van der Waals surface area contributed by atoms with Crippen LogP contribution < -0.4 is 10.6 Å². The Kier molecular flexibility index (Phi) is 7.38. The number of hydrogen-bond donors (Lipinski definition) is 3. The first kappa shape index (κ1) is 22.7. The molecule has 2 atom stereocenters. The Morgan fingerprint density at radius 1 is 0.875 bits per heavy atom. The Morgan fingerprint density at radius 3 is 2.06 bits per heavy atom. The van der Waals surface area contributed by atoms with E-state index in [0.29, 0.717) is 24.2 Å². The maximum atomic E-state index is 12.5. The van der Waals surface area contributed by atoms with E-state index in [-0.39, 0.29) is 11.5 Å². The van der Waals surface area contributed by atoms with E-state index in [0.717, 1.165) is 5.56 Å². The highest BCUT2D eigenvalue weighted by Gasteiger charge is 2.33. The van der Waals surface area contributed by atoms with E-state index in [1.165, 1.54) is 24.3 Å². The molecule has 0 aliphatic heterocycles. The number of carboxylic acids is 1. The van der Waals surface area contributed by atoms with Gasteiger partial charge in [0.05, 0.1) is 17.4 Å². The van der Waals surface area contributed by atoms with Crippen molar-refractivity contribution in [1.82, 2.24) is 0 Å². The van der Waals surface area contributed by atoms with Crippen LogP contribution in [0.25, 0.3) is 0 Å². The van der Waals surface area contributed by atoms with Crippen LogP contribution in [0.5, 0.6) is 0 Å². The highest BCUT2D eigenvalue weighted by molar-refractivity contribution is 5.97. The summed E-state index contributed by atoms with van der Waals surface area (Å²) in [6.45, 7) is 1.50. The van der Waals surface area contributed by atoms with Crippen LogP contribution in [0, 0.1) is 18.8 Å². The fourth-order valence-electron chi connectivity index (χ4n) is 3.35. The maximum Gasteiger partial charge on any atom is 0.338 e. The molecule has 2 amide bonds. The van der Waals surface area contributed by atoms with Gasteiger partial charge in [-0.15, -0.1) is 0 Å². The highest BCUT2D eigenvalue weighted by Crippen LogP contribution is 2.27.